The smallest absolute Gasteiger partial charge is 0.249 e. The van der Waals surface area contributed by atoms with E-state index in [1.165, 1.54) is 0 Å². The number of nitrogens with one attached hydrogen (secondary N) is 3. The third-order valence-electron chi connectivity index (χ3n) is 4.18. The first-order valence-electron chi connectivity index (χ1n) is 6.93. The van der Waals surface area contributed by atoms with Crippen LogP contribution in [0.25, 0.3) is 0 Å². The van der Waals surface area contributed by atoms with Crippen molar-refractivity contribution in [2.24, 2.45) is 5.41 Å². The number of carbonyl (C=O) groups excluding carboxylic acids is 3. The zero-order valence-electron chi connectivity index (χ0n) is 11.3. The molecule has 0 saturated carbocycles. The van der Waals surface area contributed by atoms with E-state index in [0.29, 0.717) is 13.0 Å². The van der Waals surface area contributed by atoms with Crippen LogP contribution in [0, 0.1) is 5.41 Å². The van der Waals surface area contributed by atoms with Gasteiger partial charge in [0.1, 0.15) is 6.04 Å². The lowest BCUT2D eigenvalue weighted by atomic mass is 9.77. The molecular weight excluding hydrogens is 246 g/mol. The molecule has 0 aromatic heterocycles. The van der Waals surface area contributed by atoms with Crippen molar-refractivity contribution in [1.82, 2.24) is 16.0 Å². The highest BCUT2D eigenvalue weighted by Gasteiger charge is 2.40. The highest BCUT2D eigenvalue weighted by Crippen LogP contribution is 2.30. The largest absolute Gasteiger partial charge is 0.344 e. The van der Waals surface area contributed by atoms with E-state index in [2.05, 4.69) is 16.0 Å². The van der Waals surface area contributed by atoms with Gasteiger partial charge < -0.3 is 10.6 Å². The Hall–Kier alpha value is -1.43. The summed E-state index contributed by atoms with van der Waals surface area (Å²) in [5.74, 6) is -0.726. The van der Waals surface area contributed by atoms with Crippen molar-refractivity contribution in [2.75, 3.05) is 13.1 Å². The predicted octanol–water partition coefficient (Wildman–Crippen LogP) is -0.312. The Morgan fingerprint density at radius 1 is 1.47 bits per heavy atom. The zero-order chi connectivity index (χ0) is 13.9. The lowest BCUT2D eigenvalue weighted by Crippen LogP contribution is -2.57. The highest BCUT2D eigenvalue weighted by atomic mass is 16.2. The molecule has 0 aromatic carbocycles. The number of hydrogen-bond donors (Lipinski definition) is 3. The van der Waals surface area contributed by atoms with Crippen molar-refractivity contribution in [3.8, 4) is 0 Å². The van der Waals surface area contributed by atoms with E-state index in [9.17, 15) is 14.4 Å². The molecule has 19 heavy (non-hydrogen) atoms. The second kappa shape index (κ2) is 5.69. The minimum Gasteiger partial charge on any atom is -0.344 e. The molecule has 0 bridgehead atoms. The van der Waals surface area contributed by atoms with Gasteiger partial charge in [0.15, 0.2) is 0 Å². The normalized spacial score (nSPS) is 31.7. The van der Waals surface area contributed by atoms with Crippen LogP contribution in [-0.2, 0) is 14.4 Å². The first-order chi connectivity index (χ1) is 9.07. The predicted molar refractivity (Wildman–Crippen MR) is 69.1 cm³/mol. The molecule has 0 radical (unpaired) electrons. The summed E-state index contributed by atoms with van der Waals surface area (Å²) >= 11 is 0. The highest BCUT2D eigenvalue weighted by molar-refractivity contribution is 6.02. The van der Waals surface area contributed by atoms with E-state index in [0.717, 1.165) is 25.8 Å². The Kier molecular flexibility index (Phi) is 4.19. The maximum absolute atomic E-state index is 12.4. The van der Waals surface area contributed by atoms with E-state index < -0.39 is 11.5 Å². The SMILES string of the molecule is CCC1(C(=O)NC2CCC(=O)NC2=O)CCCNC1. The Labute approximate surface area is 112 Å². The van der Waals surface area contributed by atoms with Gasteiger partial charge in [-0.05, 0) is 32.2 Å². The number of piperidine rings is 2. The lowest BCUT2D eigenvalue weighted by molar-refractivity contribution is -0.140. The van der Waals surface area contributed by atoms with Crippen LogP contribution in [0.4, 0.5) is 0 Å². The first kappa shape index (κ1) is 14.0. The van der Waals surface area contributed by atoms with E-state index in [-0.39, 0.29) is 24.1 Å². The lowest BCUT2D eigenvalue weighted by Gasteiger charge is -2.36. The molecule has 2 rings (SSSR count). The molecule has 2 fully saturated rings. The topological polar surface area (TPSA) is 87.3 Å². The summed E-state index contributed by atoms with van der Waals surface area (Å²) < 4.78 is 0. The van der Waals surface area contributed by atoms with Gasteiger partial charge in [-0.2, -0.15) is 0 Å². The second-order valence-electron chi connectivity index (χ2n) is 5.39. The molecule has 2 atom stereocenters. The summed E-state index contributed by atoms with van der Waals surface area (Å²) in [6.07, 6.45) is 3.24. The van der Waals surface area contributed by atoms with Crippen molar-refractivity contribution in [2.45, 2.75) is 45.1 Å². The molecule has 0 aromatic rings. The van der Waals surface area contributed by atoms with Gasteiger partial charge in [-0.3, -0.25) is 19.7 Å². The molecule has 0 spiro atoms. The fourth-order valence-corrected chi connectivity index (χ4v) is 2.77. The van der Waals surface area contributed by atoms with Crippen molar-refractivity contribution in [3.05, 3.63) is 0 Å². The summed E-state index contributed by atoms with van der Waals surface area (Å²) in [6, 6.07) is -0.574. The van der Waals surface area contributed by atoms with Crippen LogP contribution in [0.2, 0.25) is 0 Å². The molecular formula is C13H21N3O3. The fraction of sp³-hybridized carbons (Fsp3) is 0.769. The van der Waals surface area contributed by atoms with Gasteiger partial charge in [-0.15, -0.1) is 0 Å². The van der Waals surface area contributed by atoms with Gasteiger partial charge in [-0.25, -0.2) is 0 Å². The third kappa shape index (κ3) is 2.94. The molecule has 2 heterocycles. The van der Waals surface area contributed by atoms with Gasteiger partial charge in [0.25, 0.3) is 0 Å². The number of hydrogen-bond acceptors (Lipinski definition) is 4. The first-order valence-corrected chi connectivity index (χ1v) is 6.93. The minimum atomic E-state index is -0.574. The third-order valence-corrected chi connectivity index (χ3v) is 4.18. The molecule has 6 heteroatoms. The molecule has 3 amide bonds. The Bertz CT molecular complexity index is 389. The van der Waals surface area contributed by atoms with Gasteiger partial charge >= 0.3 is 0 Å². The number of rotatable bonds is 3. The Balaban J connectivity index is 1.99. The second-order valence-corrected chi connectivity index (χ2v) is 5.39. The van der Waals surface area contributed by atoms with Crippen LogP contribution in [0.1, 0.15) is 39.0 Å². The van der Waals surface area contributed by atoms with Crippen LogP contribution in [0.3, 0.4) is 0 Å². The summed E-state index contributed by atoms with van der Waals surface area (Å²) in [5.41, 5.74) is -0.417. The molecule has 2 saturated heterocycles. The van der Waals surface area contributed by atoms with E-state index in [1.54, 1.807) is 0 Å². The molecule has 2 aliphatic rings. The number of carbonyl (C=O) groups is 3. The maximum Gasteiger partial charge on any atom is 0.249 e. The fourth-order valence-electron chi connectivity index (χ4n) is 2.77. The van der Waals surface area contributed by atoms with Crippen LogP contribution < -0.4 is 16.0 Å². The summed E-state index contributed by atoms with van der Waals surface area (Å²) in [5, 5.41) is 8.31. The Morgan fingerprint density at radius 3 is 2.84 bits per heavy atom. The quantitative estimate of drug-likeness (QED) is 0.612. The monoisotopic (exact) mass is 267 g/mol. The molecule has 2 aliphatic heterocycles. The van der Waals surface area contributed by atoms with Crippen molar-refractivity contribution >= 4 is 17.7 Å². The average molecular weight is 267 g/mol. The van der Waals surface area contributed by atoms with E-state index in [4.69, 9.17) is 0 Å². The Morgan fingerprint density at radius 2 is 2.26 bits per heavy atom. The molecule has 6 nitrogen and oxygen atoms in total. The van der Waals surface area contributed by atoms with Crippen molar-refractivity contribution < 1.29 is 14.4 Å². The van der Waals surface area contributed by atoms with Crippen LogP contribution in [0.5, 0.6) is 0 Å². The maximum atomic E-state index is 12.4. The summed E-state index contributed by atoms with van der Waals surface area (Å²) in [6.45, 7) is 3.59. The minimum absolute atomic E-state index is 0.0725. The van der Waals surface area contributed by atoms with Gasteiger partial charge in [0.05, 0.1) is 5.41 Å². The molecule has 106 valence electrons. The van der Waals surface area contributed by atoms with E-state index in [1.807, 2.05) is 6.92 Å². The number of amides is 3. The summed E-state index contributed by atoms with van der Waals surface area (Å²) in [4.78, 5) is 35.2. The zero-order valence-corrected chi connectivity index (χ0v) is 11.3. The van der Waals surface area contributed by atoms with Crippen LogP contribution in [-0.4, -0.2) is 36.9 Å². The van der Waals surface area contributed by atoms with Gasteiger partial charge in [0.2, 0.25) is 17.7 Å². The van der Waals surface area contributed by atoms with E-state index >= 15 is 0 Å². The van der Waals surface area contributed by atoms with Gasteiger partial charge in [-0.1, -0.05) is 6.92 Å². The molecule has 2 unspecified atom stereocenters. The number of imide groups is 1. The van der Waals surface area contributed by atoms with Crippen LogP contribution >= 0.6 is 0 Å². The average Bonchev–Trinajstić information content (AvgIpc) is 2.42. The molecule has 3 N–H and O–H groups in total. The summed E-state index contributed by atoms with van der Waals surface area (Å²) in [7, 11) is 0. The van der Waals surface area contributed by atoms with Crippen molar-refractivity contribution in [3.63, 3.8) is 0 Å². The van der Waals surface area contributed by atoms with Crippen LogP contribution in [0.15, 0.2) is 0 Å². The van der Waals surface area contributed by atoms with Gasteiger partial charge in [0, 0.05) is 13.0 Å². The molecule has 0 aliphatic carbocycles. The standard InChI is InChI=1S/C13H21N3O3/c1-2-13(6-3-7-14-8-13)12(19)15-9-4-5-10(17)16-11(9)18/h9,14H,2-8H2,1H3,(H,15,19)(H,16,17,18). The van der Waals surface area contributed by atoms with Crippen molar-refractivity contribution in [1.29, 1.82) is 0 Å².